The number of ether oxygens (including phenoxy) is 1. The van der Waals surface area contributed by atoms with Gasteiger partial charge >= 0.3 is 5.69 Å². The van der Waals surface area contributed by atoms with Crippen LogP contribution in [0.25, 0.3) is 55.4 Å². The van der Waals surface area contributed by atoms with Crippen molar-refractivity contribution in [2.75, 3.05) is 7.11 Å². The van der Waals surface area contributed by atoms with Gasteiger partial charge in [0.2, 0.25) is 5.88 Å². The molecule has 0 aliphatic rings. The maximum absolute atomic E-state index is 13.2. The SMILES string of the molecule is COc1ccc(-c2[nH]c3ncc4c(c3c2-c2ccc3c(cnn3C)c2)n(C(C)C)c(=O)n4C)cn1. The highest BCUT2D eigenvalue weighted by Crippen LogP contribution is 2.42. The highest BCUT2D eigenvalue weighted by Gasteiger charge is 2.24. The topological polar surface area (TPSA) is 95.5 Å². The van der Waals surface area contributed by atoms with Crippen LogP contribution in [-0.2, 0) is 14.1 Å². The third kappa shape index (κ3) is 3.01. The lowest BCUT2D eigenvalue weighted by atomic mass is 9.98. The van der Waals surface area contributed by atoms with Crippen molar-refractivity contribution >= 4 is 33.0 Å². The summed E-state index contributed by atoms with van der Waals surface area (Å²) in [5, 5.41) is 6.35. The Kier molecular flexibility index (Phi) is 4.57. The molecule has 0 saturated heterocycles. The van der Waals surface area contributed by atoms with Crippen molar-refractivity contribution in [3.8, 4) is 28.3 Å². The van der Waals surface area contributed by atoms with Crippen LogP contribution in [0.3, 0.4) is 0 Å². The van der Waals surface area contributed by atoms with E-state index in [1.165, 1.54) is 0 Å². The van der Waals surface area contributed by atoms with Gasteiger partial charge in [-0.3, -0.25) is 13.8 Å². The van der Waals surface area contributed by atoms with Crippen molar-refractivity contribution in [1.82, 2.24) is 33.9 Å². The molecule has 5 aromatic heterocycles. The Morgan fingerprint density at radius 2 is 1.77 bits per heavy atom. The van der Waals surface area contributed by atoms with Crippen LogP contribution in [0.5, 0.6) is 5.88 Å². The first-order valence-corrected chi connectivity index (χ1v) is 11.4. The van der Waals surface area contributed by atoms with Gasteiger partial charge < -0.3 is 9.72 Å². The highest BCUT2D eigenvalue weighted by atomic mass is 16.5. The van der Waals surface area contributed by atoms with Gasteiger partial charge in [-0.2, -0.15) is 5.10 Å². The zero-order valence-corrected chi connectivity index (χ0v) is 20.2. The van der Waals surface area contributed by atoms with E-state index in [9.17, 15) is 4.79 Å². The summed E-state index contributed by atoms with van der Waals surface area (Å²) in [6, 6.07) is 10.1. The van der Waals surface area contributed by atoms with Crippen LogP contribution in [0.2, 0.25) is 0 Å². The summed E-state index contributed by atoms with van der Waals surface area (Å²) in [6.45, 7) is 4.05. The summed E-state index contributed by atoms with van der Waals surface area (Å²) in [5.74, 6) is 0.542. The first kappa shape index (κ1) is 21.2. The van der Waals surface area contributed by atoms with Crippen LogP contribution in [0.4, 0.5) is 0 Å². The van der Waals surface area contributed by atoms with E-state index in [1.807, 2.05) is 48.5 Å². The van der Waals surface area contributed by atoms with Gasteiger partial charge in [0.15, 0.2) is 0 Å². The maximum atomic E-state index is 13.2. The average Bonchev–Trinajstić information content (AvgIpc) is 3.51. The largest absolute Gasteiger partial charge is 0.481 e. The maximum Gasteiger partial charge on any atom is 0.329 e. The van der Waals surface area contributed by atoms with Gasteiger partial charge in [0, 0.05) is 48.9 Å². The third-order valence-electron chi connectivity index (χ3n) is 6.66. The lowest BCUT2D eigenvalue weighted by molar-refractivity contribution is 0.398. The van der Waals surface area contributed by atoms with Crippen molar-refractivity contribution in [3.05, 3.63) is 59.4 Å². The van der Waals surface area contributed by atoms with E-state index in [0.29, 0.717) is 11.5 Å². The summed E-state index contributed by atoms with van der Waals surface area (Å²) in [7, 11) is 5.32. The molecule has 0 aliphatic carbocycles. The van der Waals surface area contributed by atoms with E-state index in [0.717, 1.165) is 49.7 Å². The van der Waals surface area contributed by atoms with Gasteiger partial charge in [-0.1, -0.05) is 6.07 Å². The Labute approximate surface area is 200 Å². The molecule has 0 bridgehead atoms. The quantitative estimate of drug-likeness (QED) is 0.414. The normalized spacial score (nSPS) is 11.9. The van der Waals surface area contributed by atoms with Crippen molar-refractivity contribution in [2.24, 2.45) is 14.1 Å². The standard InChI is InChI=1S/C26H25N7O2/c1-14(2)33-24-19(31(3)26(33)34)13-28-25-22(24)21(15-6-8-18-17(10-15)12-29-32(18)4)23(30-25)16-7-9-20(35-5)27-11-16/h6-14H,1-5H3,(H,28,30). The Hall–Kier alpha value is -4.40. The van der Waals surface area contributed by atoms with E-state index < -0.39 is 0 Å². The lowest BCUT2D eigenvalue weighted by Gasteiger charge is -2.10. The first-order chi connectivity index (χ1) is 16.9. The Morgan fingerprint density at radius 3 is 2.49 bits per heavy atom. The number of aromatic nitrogens is 7. The van der Waals surface area contributed by atoms with Crippen molar-refractivity contribution in [1.29, 1.82) is 0 Å². The smallest absolute Gasteiger partial charge is 0.329 e. The summed E-state index contributed by atoms with van der Waals surface area (Å²) < 4.78 is 10.6. The predicted octanol–water partition coefficient (Wildman–Crippen LogP) is 4.42. The van der Waals surface area contributed by atoms with Crippen molar-refractivity contribution in [2.45, 2.75) is 19.9 Å². The molecule has 9 heteroatoms. The summed E-state index contributed by atoms with van der Waals surface area (Å²) in [4.78, 5) is 25.9. The Balaban J connectivity index is 1.78. The zero-order valence-electron chi connectivity index (χ0n) is 20.2. The summed E-state index contributed by atoms with van der Waals surface area (Å²) in [5.41, 5.74) is 7.10. The third-order valence-corrected chi connectivity index (χ3v) is 6.66. The lowest BCUT2D eigenvalue weighted by Crippen LogP contribution is -2.23. The fourth-order valence-corrected chi connectivity index (χ4v) is 4.93. The van der Waals surface area contributed by atoms with E-state index in [1.54, 1.807) is 31.1 Å². The van der Waals surface area contributed by atoms with E-state index in [2.05, 4.69) is 33.3 Å². The Bertz CT molecular complexity index is 1800. The van der Waals surface area contributed by atoms with Gasteiger partial charge in [0.25, 0.3) is 0 Å². The van der Waals surface area contributed by atoms with Crippen LogP contribution in [0.15, 0.2) is 53.7 Å². The van der Waals surface area contributed by atoms with Gasteiger partial charge in [-0.05, 0) is 37.6 Å². The monoisotopic (exact) mass is 467 g/mol. The van der Waals surface area contributed by atoms with Gasteiger partial charge in [-0.15, -0.1) is 0 Å². The molecule has 176 valence electrons. The fraction of sp³-hybridized carbons (Fsp3) is 0.231. The van der Waals surface area contributed by atoms with Crippen molar-refractivity contribution in [3.63, 3.8) is 0 Å². The molecule has 1 N–H and O–H groups in total. The number of rotatable bonds is 4. The number of imidazole rings is 1. The highest BCUT2D eigenvalue weighted by molar-refractivity contribution is 6.14. The molecule has 0 radical (unpaired) electrons. The average molecular weight is 468 g/mol. The van der Waals surface area contributed by atoms with Gasteiger partial charge in [-0.25, -0.2) is 14.8 Å². The Morgan fingerprint density at radius 1 is 0.971 bits per heavy atom. The second-order valence-corrected chi connectivity index (χ2v) is 9.03. The molecule has 0 unspecified atom stereocenters. The molecule has 0 spiro atoms. The molecule has 9 nitrogen and oxygen atoms in total. The fourth-order valence-electron chi connectivity index (χ4n) is 4.93. The first-order valence-electron chi connectivity index (χ1n) is 11.4. The predicted molar refractivity (Wildman–Crippen MR) is 137 cm³/mol. The van der Waals surface area contributed by atoms with E-state index in [4.69, 9.17) is 9.72 Å². The second kappa shape index (κ2) is 7.56. The molecule has 0 atom stereocenters. The molecule has 35 heavy (non-hydrogen) atoms. The zero-order chi connectivity index (χ0) is 24.4. The number of hydrogen-bond acceptors (Lipinski definition) is 5. The van der Waals surface area contributed by atoms with Gasteiger partial charge in [0.05, 0.1) is 47.1 Å². The number of pyridine rings is 2. The molecule has 0 amide bonds. The number of nitrogens with one attached hydrogen (secondary N) is 1. The van der Waals surface area contributed by atoms with Gasteiger partial charge in [0.1, 0.15) is 5.65 Å². The number of aromatic amines is 1. The molecule has 5 heterocycles. The minimum Gasteiger partial charge on any atom is -0.481 e. The molecule has 6 rings (SSSR count). The molecule has 1 aromatic carbocycles. The molecule has 0 aliphatic heterocycles. The minimum atomic E-state index is -0.0631. The number of nitrogens with zero attached hydrogens (tertiary/aromatic N) is 6. The summed E-state index contributed by atoms with van der Waals surface area (Å²) >= 11 is 0. The molecular formula is C26H25N7O2. The van der Waals surface area contributed by atoms with Crippen LogP contribution < -0.4 is 10.4 Å². The summed E-state index contributed by atoms with van der Waals surface area (Å²) in [6.07, 6.45) is 5.41. The number of H-pyrrole nitrogens is 1. The number of methoxy groups -OCH3 is 1. The van der Waals surface area contributed by atoms with E-state index in [-0.39, 0.29) is 11.7 Å². The molecular weight excluding hydrogens is 442 g/mol. The number of fused-ring (bicyclic) bond motifs is 4. The number of hydrogen-bond donors (Lipinski definition) is 1. The van der Waals surface area contributed by atoms with E-state index >= 15 is 0 Å². The number of benzene rings is 1. The van der Waals surface area contributed by atoms with Crippen LogP contribution in [0, 0.1) is 0 Å². The molecule has 0 fully saturated rings. The molecule has 0 saturated carbocycles. The number of aryl methyl sites for hydroxylation is 2. The van der Waals surface area contributed by atoms with Crippen LogP contribution in [0.1, 0.15) is 19.9 Å². The van der Waals surface area contributed by atoms with Crippen molar-refractivity contribution < 1.29 is 4.74 Å². The molecule has 6 aromatic rings. The minimum absolute atomic E-state index is 0.0218. The van der Waals surface area contributed by atoms with Crippen LogP contribution >= 0.6 is 0 Å². The van der Waals surface area contributed by atoms with Crippen LogP contribution in [-0.4, -0.2) is 41.0 Å². The second-order valence-electron chi connectivity index (χ2n) is 9.03.